The number of benzene rings is 1. The van der Waals surface area contributed by atoms with Crippen molar-refractivity contribution in [2.24, 2.45) is 7.05 Å². The smallest absolute Gasteiger partial charge is 0.435 e. The summed E-state index contributed by atoms with van der Waals surface area (Å²) >= 11 is 0. The van der Waals surface area contributed by atoms with E-state index in [1.807, 2.05) is 4.98 Å². The third-order valence-electron chi connectivity index (χ3n) is 4.31. The summed E-state index contributed by atoms with van der Waals surface area (Å²) in [4.78, 5) is 37.7. The van der Waals surface area contributed by atoms with Gasteiger partial charge in [-0.15, -0.1) is 0 Å². The van der Waals surface area contributed by atoms with E-state index in [1.165, 1.54) is 31.3 Å². The zero-order valence-electron chi connectivity index (χ0n) is 15.1. The van der Waals surface area contributed by atoms with Crippen molar-refractivity contribution in [3.8, 4) is 22.4 Å². The lowest BCUT2D eigenvalue weighted by Crippen LogP contribution is -2.24. The molecule has 1 aromatic carbocycles. The van der Waals surface area contributed by atoms with E-state index in [-0.39, 0.29) is 16.8 Å². The number of nitrogens with two attached hydrogens (primary N) is 1. The molecule has 2 heterocycles. The van der Waals surface area contributed by atoms with Crippen molar-refractivity contribution in [2.45, 2.75) is 6.18 Å². The van der Waals surface area contributed by atoms with E-state index in [0.29, 0.717) is 0 Å². The summed E-state index contributed by atoms with van der Waals surface area (Å²) in [6, 6.07) is 6.23. The summed E-state index contributed by atoms with van der Waals surface area (Å²) in [7, 11) is 1.24. The van der Waals surface area contributed by atoms with Crippen LogP contribution in [0.15, 0.2) is 35.1 Å². The van der Waals surface area contributed by atoms with Crippen LogP contribution in [0, 0.1) is 0 Å². The van der Waals surface area contributed by atoms with Crippen LogP contribution in [0.3, 0.4) is 0 Å². The highest BCUT2D eigenvalue weighted by atomic mass is 19.4. The standard InChI is InChI=1S/C18H13F3N4O5/c1-25-9(6-10(24-25)18(19,20)21)7-4-2-3-5-8(7)11-12(16(27)28)14(22)23-15(26)13(11)17(29)30/h2-6H,1H3,(H,27,28)(H,29,30)(H3,22,23,26). The normalized spacial score (nSPS) is 11.5. The Balaban J connectivity index is 2.44. The first-order chi connectivity index (χ1) is 13.9. The number of carbonyl (C=O) groups is 2. The molecule has 0 aliphatic rings. The maximum atomic E-state index is 13.1. The fraction of sp³-hybridized carbons (Fsp3) is 0.111. The highest BCUT2D eigenvalue weighted by Crippen LogP contribution is 2.38. The molecule has 30 heavy (non-hydrogen) atoms. The van der Waals surface area contributed by atoms with Crippen molar-refractivity contribution < 1.29 is 33.0 Å². The summed E-state index contributed by atoms with van der Waals surface area (Å²) in [6.45, 7) is 0. The number of aromatic amines is 1. The number of hydrogen-bond acceptors (Lipinski definition) is 5. The van der Waals surface area contributed by atoms with Gasteiger partial charge in [0.15, 0.2) is 5.69 Å². The van der Waals surface area contributed by atoms with E-state index >= 15 is 0 Å². The summed E-state index contributed by atoms with van der Waals surface area (Å²) in [6.07, 6.45) is -4.74. The van der Waals surface area contributed by atoms with E-state index < -0.39 is 51.9 Å². The highest BCUT2D eigenvalue weighted by Gasteiger charge is 2.35. The number of carboxylic acid groups (broad SMARTS) is 2. The van der Waals surface area contributed by atoms with Crippen LogP contribution in [0.2, 0.25) is 0 Å². The summed E-state index contributed by atoms with van der Waals surface area (Å²) in [5.74, 6) is -3.95. The molecule has 0 amide bonds. The molecule has 3 aromatic rings. The number of nitrogen functional groups attached to an aromatic ring is 1. The van der Waals surface area contributed by atoms with Crippen molar-refractivity contribution >= 4 is 17.8 Å². The number of nitrogens with one attached hydrogen (secondary N) is 1. The van der Waals surface area contributed by atoms with Gasteiger partial charge in [0.2, 0.25) is 0 Å². The number of nitrogens with zero attached hydrogens (tertiary/aromatic N) is 2. The Hall–Kier alpha value is -4.09. The zero-order valence-corrected chi connectivity index (χ0v) is 15.1. The van der Waals surface area contributed by atoms with Crippen LogP contribution in [-0.2, 0) is 13.2 Å². The molecular weight excluding hydrogens is 409 g/mol. The van der Waals surface area contributed by atoms with Gasteiger partial charge in [0.05, 0.1) is 5.69 Å². The van der Waals surface area contributed by atoms with Crippen LogP contribution in [-0.4, -0.2) is 36.9 Å². The lowest BCUT2D eigenvalue weighted by Gasteiger charge is -2.15. The third-order valence-corrected chi connectivity index (χ3v) is 4.31. The van der Waals surface area contributed by atoms with E-state index in [0.717, 1.165) is 10.7 Å². The van der Waals surface area contributed by atoms with Crippen LogP contribution < -0.4 is 11.3 Å². The molecule has 0 aliphatic heterocycles. The first kappa shape index (κ1) is 20.6. The Kier molecular flexibility index (Phi) is 4.86. The molecule has 0 unspecified atom stereocenters. The average Bonchev–Trinajstić information content (AvgIpc) is 3.02. The molecule has 0 aliphatic carbocycles. The molecule has 0 saturated heterocycles. The van der Waals surface area contributed by atoms with Crippen molar-refractivity contribution in [3.05, 3.63) is 57.5 Å². The third kappa shape index (κ3) is 3.38. The number of aryl methyl sites for hydroxylation is 1. The predicted molar refractivity (Wildman–Crippen MR) is 98.0 cm³/mol. The first-order valence-electron chi connectivity index (χ1n) is 8.16. The fourth-order valence-electron chi connectivity index (χ4n) is 3.10. The van der Waals surface area contributed by atoms with Gasteiger partial charge >= 0.3 is 18.1 Å². The molecule has 12 heteroatoms. The van der Waals surface area contributed by atoms with Crippen LogP contribution in [0.5, 0.6) is 0 Å². The first-order valence-corrected chi connectivity index (χ1v) is 8.16. The number of pyridine rings is 1. The summed E-state index contributed by atoms with van der Waals surface area (Å²) in [5.41, 5.74) is 0.964. The van der Waals surface area contributed by atoms with Gasteiger partial charge in [-0.3, -0.25) is 9.48 Å². The number of anilines is 1. The number of rotatable bonds is 4. The molecule has 0 spiro atoms. The summed E-state index contributed by atoms with van der Waals surface area (Å²) < 4.78 is 40.1. The lowest BCUT2D eigenvalue weighted by atomic mass is 9.90. The Morgan fingerprint density at radius 2 is 1.67 bits per heavy atom. The molecule has 5 N–H and O–H groups in total. The molecule has 3 rings (SSSR count). The number of aromatic carboxylic acids is 2. The molecular formula is C18H13F3N4O5. The molecule has 0 radical (unpaired) electrons. The molecule has 0 bridgehead atoms. The monoisotopic (exact) mass is 422 g/mol. The maximum absolute atomic E-state index is 13.1. The van der Waals surface area contributed by atoms with Gasteiger partial charge in [0, 0.05) is 18.2 Å². The number of aromatic nitrogens is 3. The zero-order chi connectivity index (χ0) is 22.4. The topological polar surface area (TPSA) is 151 Å². The molecule has 9 nitrogen and oxygen atoms in total. The number of alkyl halides is 3. The molecule has 156 valence electrons. The Morgan fingerprint density at radius 3 is 2.17 bits per heavy atom. The van der Waals surface area contributed by atoms with Crippen molar-refractivity contribution in [2.75, 3.05) is 5.73 Å². The van der Waals surface area contributed by atoms with Crippen LogP contribution in [0.1, 0.15) is 26.4 Å². The van der Waals surface area contributed by atoms with E-state index in [9.17, 15) is 37.8 Å². The van der Waals surface area contributed by atoms with Gasteiger partial charge in [0.25, 0.3) is 5.56 Å². The van der Waals surface area contributed by atoms with Gasteiger partial charge in [-0.25, -0.2) is 9.59 Å². The molecule has 0 atom stereocenters. The fourth-order valence-corrected chi connectivity index (χ4v) is 3.10. The number of halogens is 3. The van der Waals surface area contributed by atoms with Crippen molar-refractivity contribution in [3.63, 3.8) is 0 Å². The minimum Gasteiger partial charge on any atom is -0.478 e. The van der Waals surface area contributed by atoms with Gasteiger partial charge in [-0.1, -0.05) is 24.3 Å². The van der Waals surface area contributed by atoms with Crippen LogP contribution in [0.4, 0.5) is 19.0 Å². The summed E-state index contributed by atoms with van der Waals surface area (Å²) in [5, 5.41) is 22.5. The van der Waals surface area contributed by atoms with Crippen LogP contribution in [0.25, 0.3) is 22.4 Å². The Bertz CT molecular complexity index is 1240. The SMILES string of the molecule is Cn1nc(C(F)(F)F)cc1-c1ccccc1-c1c(C(=O)O)c(N)[nH]c(=O)c1C(=O)O. The average molecular weight is 422 g/mol. The molecule has 0 fully saturated rings. The van der Waals surface area contributed by atoms with E-state index in [2.05, 4.69) is 5.10 Å². The van der Waals surface area contributed by atoms with Gasteiger partial charge in [0.1, 0.15) is 16.9 Å². The largest absolute Gasteiger partial charge is 0.478 e. The van der Waals surface area contributed by atoms with Gasteiger partial charge in [-0.05, 0) is 11.6 Å². The predicted octanol–water partition coefficient (Wildman–Crippen LogP) is 2.44. The van der Waals surface area contributed by atoms with E-state index in [4.69, 9.17) is 5.73 Å². The maximum Gasteiger partial charge on any atom is 0.435 e. The second kappa shape index (κ2) is 7.06. The minimum absolute atomic E-state index is 0.0259. The van der Waals surface area contributed by atoms with E-state index in [1.54, 1.807) is 0 Å². The lowest BCUT2D eigenvalue weighted by molar-refractivity contribution is -0.141. The van der Waals surface area contributed by atoms with Crippen molar-refractivity contribution in [1.29, 1.82) is 0 Å². The minimum atomic E-state index is -4.74. The second-order valence-electron chi connectivity index (χ2n) is 6.18. The van der Waals surface area contributed by atoms with Gasteiger partial charge in [-0.2, -0.15) is 18.3 Å². The Labute approximate surface area is 165 Å². The number of carboxylic acids is 2. The quantitative estimate of drug-likeness (QED) is 0.504. The Morgan fingerprint density at radius 1 is 1.10 bits per heavy atom. The van der Waals surface area contributed by atoms with Crippen molar-refractivity contribution in [1.82, 2.24) is 14.8 Å². The number of H-pyrrole nitrogens is 1. The molecule has 0 saturated carbocycles. The van der Waals surface area contributed by atoms with Crippen LogP contribution >= 0.6 is 0 Å². The highest BCUT2D eigenvalue weighted by molar-refractivity contribution is 6.09. The number of hydrogen-bond donors (Lipinski definition) is 4. The molecule has 2 aromatic heterocycles. The second-order valence-corrected chi connectivity index (χ2v) is 6.18. The van der Waals surface area contributed by atoms with Gasteiger partial charge < -0.3 is 20.9 Å².